The predicted molar refractivity (Wildman–Crippen MR) is 76.2 cm³/mol. The van der Waals surface area contributed by atoms with E-state index in [4.69, 9.17) is 4.42 Å². The van der Waals surface area contributed by atoms with Gasteiger partial charge in [-0.25, -0.2) is 0 Å². The van der Waals surface area contributed by atoms with E-state index in [1.54, 1.807) is 18.4 Å². The van der Waals surface area contributed by atoms with Crippen LogP contribution in [0.5, 0.6) is 0 Å². The number of furan rings is 1. The number of nitrogens with zero attached hydrogens (tertiary/aromatic N) is 1. The molecular formula is C15H24N2O3. The van der Waals surface area contributed by atoms with Gasteiger partial charge in [-0.3, -0.25) is 9.69 Å². The molecule has 5 heteroatoms. The van der Waals surface area contributed by atoms with E-state index < -0.39 is 6.04 Å². The molecule has 1 fully saturated rings. The molecule has 0 radical (unpaired) electrons. The van der Waals surface area contributed by atoms with E-state index in [-0.39, 0.29) is 18.6 Å². The van der Waals surface area contributed by atoms with Crippen molar-refractivity contribution in [2.24, 2.45) is 0 Å². The summed E-state index contributed by atoms with van der Waals surface area (Å²) in [5.74, 6) is 0.590. The first-order valence-corrected chi connectivity index (χ1v) is 7.45. The van der Waals surface area contributed by atoms with Crippen molar-refractivity contribution < 1.29 is 14.3 Å². The zero-order valence-corrected chi connectivity index (χ0v) is 12.0. The number of carbonyl (C=O) groups is 1. The summed E-state index contributed by atoms with van der Waals surface area (Å²) in [7, 11) is 0. The summed E-state index contributed by atoms with van der Waals surface area (Å²) in [5.41, 5.74) is 0. The number of piperidine rings is 1. The third-order valence-corrected chi connectivity index (χ3v) is 3.81. The molecule has 20 heavy (non-hydrogen) atoms. The van der Waals surface area contributed by atoms with Crippen LogP contribution in [0.1, 0.15) is 44.4 Å². The molecule has 0 aliphatic carbocycles. The summed E-state index contributed by atoms with van der Waals surface area (Å²) in [4.78, 5) is 14.7. The molecule has 2 unspecified atom stereocenters. The SMILES string of the molecule is CCCN1CCCCC1C(=O)NC(CO)c1ccco1. The molecule has 2 heterocycles. The molecule has 2 atom stereocenters. The lowest BCUT2D eigenvalue weighted by atomic mass is 10.0. The van der Waals surface area contributed by atoms with Gasteiger partial charge in [-0.2, -0.15) is 0 Å². The third-order valence-electron chi connectivity index (χ3n) is 3.81. The Bertz CT molecular complexity index is 403. The molecule has 1 amide bonds. The average Bonchev–Trinajstić information content (AvgIpc) is 2.99. The van der Waals surface area contributed by atoms with Crippen LogP contribution in [0.25, 0.3) is 0 Å². The topological polar surface area (TPSA) is 65.7 Å². The van der Waals surface area contributed by atoms with E-state index in [1.165, 1.54) is 0 Å². The molecule has 1 aliphatic heterocycles. The summed E-state index contributed by atoms with van der Waals surface area (Å²) < 4.78 is 5.26. The molecule has 0 saturated carbocycles. The van der Waals surface area contributed by atoms with E-state index in [0.29, 0.717) is 5.76 Å². The van der Waals surface area contributed by atoms with Gasteiger partial charge in [-0.15, -0.1) is 0 Å². The minimum absolute atomic E-state index is 0.00593. The Kier molecular flexibility index (Phi) is 5.61. The summed E-state index contributed by atoms with van der Waals surface area (Å²) in [6.07, 6.45) is 5.73. The van der Waals surface area contributed by atoms with Crippen LogP contribution in [-0.4, -0.2) is 41.7 Å². The number of nitrogens with one attached hydrogen (secondary N) is 1. The van der Waals surface area contributed by atoms with Crippen LogP contribution in [0.15, 0.2) is 22.8 Å². The van der Waals surface area contributed by atoms with Crippen molar-refractivity contribution in [2.75, 3.05) is 19.7 Å². The van der Waals surface area contributed by atoms with Gasteiger partial charge in [0.2, 0.25) is 5.91 Å². The standard InChI is InChI=1S/C15H24N2O3/c1-2-8-17-9-4-3-6-13(17)15(19)16-12(11-18)14-7-5-10-20-14/h5,7,10,12-13,18H,2-4,6,8-9,11H2,1H3,(H,16,19). The summed E-state index contributed by atoms with van der Waals surface area (Å²) in [6, 6.07) is 3.00. The maximum atomic E-state index is 12.4. The van der Waals surface area contributed by atoms with E-state index in [0.717, 1.165) is 38.8 Å². The third kappa shape index (κ3) is 3.61. The van der Waals surface area contributed by atoms with Crippen molar-refractivity contribution >= 4 is 5.91 Å². The number of aliphatic hydroxyl groups is 1. The van der Waals surface area contributed by atoms with Crippen LogP contribution >= 0.6 is 0 Å². The molecule has 1 aliphatic rings. The quantitative estimate of drug-likeness (QED) is 0.832. The lowest BCUT2D eigenvalue weighted by Gasteiger charge is -2.35. The van der Waals surface area contributed by atoms with Crippen molar-refractivity contribution in [2.45, 2.75) is 44.7 Å². The van der Waals surface area contributed by atoms with E-state index in [9.17, 15) is 9.90 Å². The molecule has 0 aromatic carbocycles. The largest absolute Gasteiger partial charge is 0.467 e. The van der Waals surface area contributed by atoms with Crippen molar-refractivity contribution in [3.05, 3.63) is 24.2 Å². The maximum absolute atomic E-state index is 12.4. The van der Waals surface area contributed by atoms with Crippen molar-refractivity contribution in [1.82, 2.24) is 10.2 Å². The Balaban J connectivity index is 1.98. The predicted octanol–water partition coefficient (Wildman–Crippen LogP) is 1.69. The van der Waals surface area contributed by atoms with Gasteiger partial charge in [0.1, 0.15) is 11.8 Å². The molecule has 2 N–H and O–H groups in total. The second-order valence-electron chi connectivity index (χ2n) is 5.31. The minimum Gasteiger partial charge on any atom is -0.467 e. The molecule has 112 valence electrons. The molecule has 1 aromatic rings. The Morgan fingerprint density at radius 2 is 2.45 bits per heavy atom. The first-order chi connectivity index (χ1) is 9.76. The molecule has 1 saturated heterocycles. The highest BCUT2D eigenvalue weighted by molar-refractivity contribution is 5.82. The number of aliphatic hydroxyl groups excluding tert-OH is 1. The zero-order valence-electron chi connectivity index (χ0n) is 12.0. The average molecular weight is 280 g/mol. The summed E-state index contributed by atoms with van der Waals surface area (Å²) in [6.45, 7) is 3.90. The number of amides is 1. The van der Waals surface area contributed by atoms with Crippen molar-refractivity contribution in [1.29, 1.82) is 0 Å². The fourth-order valence-electron chi connectivity index (χ4n) is 2.81. The van der Waals surface area contributed by atoms with Crippen LogP contribution in [-0.2, 0) is 4.79 Å². The lowest BCUT2D eigenvalue weighted by molar-refractivity contribution is -0.128. The number of carbonyl (C=O) groups excluding carboxylic acids is 1. The Labute approximate surface area is 119 Å². The zero-order chi connectivity index (χ0) is 14.4. The molecular weight excluding hydrogens is 256 g/mol. The van der Waals surface area contributed by atoms with Crippen LogP contribution in [0.4, 0.5) is 0 Å². The number of likely N-dealkylation sites (tertiary alicyclic amines) is 1. The van der Waals surface area contributed by atoms with E-state index in [2.05, 4.69) is 17.1 Å². The van der Waals surface area contributed by atoms with Gasteiger partial charge in [0, 0.05) is 0 Å². The van der Waals surface area contributed by atoms with Gasteiger partial charge in [0.25, 0.3) is 0 Å². The highest BCUT2D eigenvalue weighted by Gasteiger charge is 2.29. The van der Waals surface area contributed by atoms with Gasteiger partial charge in [0.05, 0.1) is 18.9 Å². The number of rotatable bonds is 6. The van der Waals surface area contributed by atoms with Crippen LogP contribution in [0.3, 0.4) is 0 Å². The van der Waals surface area contributed by atoms with E-state index >= 15 is 0 Å². The van der Waals surface area contributed by atoms with Gasteiger partial charge in [0.15, 0.2) is 0 Å². The molecule has 0 bridgehead atoms. The van der Waals surface area contributed by atoms with Crippen molar-refractivity contribution in [3.63, 3.8) is 0 Å². The molecule has 1 aromatic heterocycles. The lowest BCUT2D eigenvalue weighted by Crippen LogP contribution is -2.50. The maximum Gasteiger partial charge on any atom is 0.238 e. The molecule has 5 nitrogen and oxygen atoms in total. The normalized spacial score (nSPS) is 21.6. The minimum atomic E-state index is -0.456. The van der Waals surface area contributed by atoms with Gasteiger partial charge in [-0.05, 0) is 44.5 Å². The highest BCUT2D eigenvalue weighted by atomic mass is 16.3. The fraction of sp³-hybridized carbons (Fsp3) is 0.667. The van der Waals surface area contributed by atoms with Gasteiger partial charge >= 0.3 is 0 Å². The Morgan fingerprint density at radius 1 is 1.60 bits per heavy atom. The second kappa shape index (κ2) is 7.45. The second-order valence-corrected chi connectivity index (χ2v) is 5.31. The first kappa shape index (κ1) is 15.1. The van der Waals surface area contributed by atoms with Crippen molar-refractivity contribution in [3.8, 4) is 0 Å². The highest BCUT2D eigenvalue weighted by Crippen LogP contribution is 2.19. The fourth-order valence-corrected chi connectivity index (χ4v) is 2.81. The molecule has 2 rings (SSSR count). The summed E-state index contributed by atoms with van der Waals surface area (Å²) >= 11 is 0. The Morgan fingerprint density at radius 3 is 3.10 bits per heavy atom. The number of hydrogen-bond acceptors (Lipinski definition) is 4. The van der Waals surface area contributed by atoms with Crippen LogP contribution in [0, 0.1) is 0 Å². The van der Waals surface area contributed by atoms with Gasteiger partial charge in [-0.1, -0.05) is 13.3 Å². The van der Waals surface area contributed by atoms with Crippen LogP contribution < -0.4 is 5.32 Å². The van der Waals surface area contributed by atoms with E-state index in [1.807, 2.05) is 0 Å². The summed E-state index contributed by atoms with van der Waals surface area (Å²) in [5, 5.41) is 12.3. The van der Waals surface area contributed by atoms with Crippen LogP contribution in [0.2, 0.25) is 0 Å². The smallest absolute Gasteiger partial charge is 0.238 e. The monoisotopic (exact) mass is 280 g/mol. The number of hydrogen-bond donors (Lipinski definition) is 2. The Hall–Kier alpha value is -1.33. The molecule has 0 spiro atoms. The van der Waals surface area contributed by atoms with Gasteiger partial charge < -0.3 is 14.8 Å². The first-order valence-electron chi connectivity index (χ1n) is 7.45.